The van der Waals surface area contributed by atoms with Gasteiger partial charge in [-0.15, -0.1) is 24.0 Å². The van der Waals surface area contributed by atoms with E-state index in [0.29, 0.717) is 19.0 Å². The molecule has 1 aromatic rings. The minimum absolute atomic E-state index is 0. The van der Waals surface area contributed by atoms with Crippen molar-refractivity contribution in [2.24, 2.45) is 10.4 Å². The molecule has 2 rings (SSSR count). The third kappa shape index (κ3) is 6.15. The molecule has 1 amide bonds. The molecule has 1 aliphatic heterocycles. The van der Waals surface area contributed by atoms with Crippen molar-refractivity contribution < 1.29 is 9.21 Å². The Morgan fingerprint density at radius 1 is 1.35 bits per heavy atom. The number of nitrogens with zero attached hydrogens (tertiary/aromatic N) is 2. The van der Waals surface area contributed by atoms with Crippen LogP contribution in [0.15, 0.2) is 27.8 Å². The van der Waals surface area contributed by atoms with E-state index in [1.807, 2.05) is 26.0 Å². The van der Waals surface area contributed by atoms with Crippen LogP contribution in [0.2, 0.25) is 0 Å². The van der Waals surface area contributed by atoms with Gasteiger partial charge >= 0.3 is 0 Å². The zero-order valence-electron chi connectivity index (χ0n) is 16.2. The molecule has 2 heterocycles. The second-order valence-electron chi connectivity index (χ2n) is 7.04. The predicted molar refractivity (Wildman–Crippen MR) is 115 cm³/mol. The van der Waals surface area contributed by atoms with Gasteiger partial charge in [0.25, 0.3) is 0 Å². The molecule has 1 fully saturated rings. The second-order valence-corrected chi connectivity index (χ2v) is 7.04. The highest BCUT2D eigenvalue weighted by Gasteiger charge is 2.28. The van der Waals surface area contributed by atoms with E-state index < -0.39 is 5.41 Å². The smallest absolute Gasteiger partial charge is 0.227 e. The van der Waals surface area contributed by atoms with Crippen molar-refractivity contribution in [1.29, 1.82) is 0 Å². The highest BCUT2D eigenvalue weighted by Crippen LogP contribution is 2.24. The Morgan fingerprint density at radius 2 is 2.04 bits per heavy atom. The van der Waals surface area contributed by atoms with Gasteiger partial charge in [-0.1, -0.05) is 0 Å². The molecule has 0 bridgehead atoms. The van der Waals surface area contributed by atoms with Crippen LogP contribution in [0.1, 0.15) is 38.5 Å². The van der Waals surface area contributed by atoms with Gasteiger partial charge in [0.05, 0.1) is 17.7 Å². The Kier molecular flexibility index (Phi) is 9.42. The number of hydrogen-bond acceptors (Lipinski definition) is 4. The van der Waals surface area contributed by atoms with Crippen LogP contribution in [0.3, 0.4) is 0 Å². The fraction of sp³-hybridized carbons (Fsp3) is 0.667. The number of furan rings is 1. The van der Waals surface area contributed by atoms with E-state index in [0.717, 1.165) is 18.8 Å². The summed E-state index contributed by atoms with van der Waals surface area (Å²) in [5, 5.41) is 9.31. The number of likely N-dealkylation sites (tertiary alicyclic amines) is 1. The van der Waals surface area contributed by atoms with Crippen molar-refractivity contribution in [2.45, 2.75) is 32.7 Å². The minimum Gasteiger partial charge on any atom is -0.468 e. The molecule has 0 saturated carbocycles. The second kappa shape index (κ2) is 10.8. The summed E-state index contributed by atoms with van der Waals surface area (Å²) >= 11 is 0. The maximum absolute atomic E-state index is 11.9. The van der Waals surface area contributed by atoms with Crippen LogP contribution in [0.25, 0.3) is 0 Å². The van der Waals surface area contributed by atoms with Gasteiger partial charge in [-0.25, -0.2) is 0 Å². The number of halogens is 1. The summed E-state index contributed by atoms with van der Waals surface area (Å²) in [5.41, 5.74) is -0.512. The van der Waals surface area contributed by atoms with Gasteiger partial charge in [0.15, 0.2) is 5.96 Å². The Hall–Kier alpha value is -1.29. The van der Waals surface area contributed by atoms with Crippen LogP contribution in [-0.4, -0.2) is 57.0 Å². The summed E-state index contributed by atoms with van der Waals surface area (Å²) < 4.78 is 5.64. The molecule has 0 radical (unpaired) electrons. The van der Waals surface area contributed by atoms with Crippen molar-refractivity contribution >= 4 is 35.8 Å². The molecule has 1 aromatic heterocycles. The predicted octanol–water partition coefficient (Wildman–Crippen LogP) is 1.97. The third-order valence-corrected chi connectivity index (χ3v) is 4.68. The average molecular weight is 477 g/mol. The number of aliphatic imine (C=N–C) groups is 1. The maximum atomic E-state index is 11.9. The first kappa shape index (κ1) is 22.8. The molecular formula is C18H32IN5O2. The number of hydrogen-bond donors (Lipinski definition) is 3. The number of amides is 1. The zero-order valence-corrected chi connectivity index (χ0v) is 18.5. The van der Waals surface area contributed by atoms with E-state index in [9.17, 15) is 4.79 Å². The quantitative estimate of drug-likeness (QED) is 0.318. The normalized spacial score (nSPS) is 16.7. The van der Waals surface area contributed by atoms with E-state index >= 15 is 0 Å². The molecule has 3 N–H and O–H groups in total. The molecule has 0 spiro atoms. The molecule has 1 aliphatic rings. The van der Waals surface area contributed by atoms with Crippen molar-refractivity contribution in [3.8, 4) is 0 Å². The fourth-order valence-electron chi connectivity index (χ4n) is 3.08. The Morgan fingerprint density at radius 3 is 2.58 bits per heavy atom. The first-order valence-electron chi connectivity index (χ1n) is 8.92. The lowest BCUT2D eigenvalue weighted by Crippen LogP contribution is -2.48. The summed E-state index contributed by atoms with van der Waals surface area (Å²) in [6.45, 7) is 7.19. The van der Waals surface area contributed by atoms with E-state index in [2.05, 4.69) is 25.8 Å². The fourth-order valence-corrected chi connectivity index (χ4v) is 3.08. The van der Waals surface area contributed by atoms with Gasteiger partial charge in [0, 0.05) is 27.2 Å². The van der Waals surface area contributed by atoms with Crippen LogP contribution in [0.5, 0.6) is 0 Å². The Bertz CT molecular complexity index is 568. The molecule has 148 valence electrons. The minimum atomic E-state index is -0.512. The van der Waals surface area contributed by atoms with Crippen LogP contribution in [0, 0.1) is 5.41 Å². The molecule has 1 saturated heterocycles. The lowest BCUT2D eigenvalue weighted by atomic mass is 9.92. The molecule has 26 heavy (non-hydrogen) atoms. The first-order chi connectivity index (χ1) is 12.0. The molecule has 1 unspecified atom stereocenters. The highest BCUT2D eigenvalue weighted by molar-refractivity contribution is 14.0. The van der Waals surface area contributed by atoms with Gasteiger partial charge in [-0.05, 0) is 51.9 Å². The summed E-state index contributed by atoms with van der Waals surface area (Å²) in [7, 11) is 3.39. The topological polar surface area (TPSA) is 81.9 Å². The maximum Gasteiger partial charge on any atom is 0.227 e. The van der Waals surface area contributed by atoms with E-state index in [1.165, 1.54) is 12.8 Å². The Labute approximate surface area is 173 Å². The van der Waals surface area contributed by atoms with Gasteiger partial charge in [-0.3, -0.25) is 14.7 Å². The summed E-state index contributed by atoms with van der Waals surface area (Å²) in [6, 6.07) is 4.13. The lowest BCUT2D eigenvalue weighted by Gasteiger charge is -2.28. The lowest BCUT2D eigenvalue weighted by molar-refractivity contribution is -0.128. The number of carbonyl (C=O) groups is 1. The molecule has 8 heteroatoms. The van der Waals surface area contributed by atoms with Crippen LogP contribution >= 0.6 is 24.0 Å². The van der Waals surface area contributed by atoms with Gasteiger partial charge in [0.2, 0.25) is 5.91 Å². The molecule has 0 aromatic carbocycles. The summed E-state index contributed by atoms with van der Waals surface area (Å²) in [4.78, 5) is 18.6. The molecule has 1 atom stereocenters. The number of carbonyl (C=O) groups excluding carboxylic acids is 1. The number of guanidine groups is 1. The van der Waals surface area contributed by atoms with E-state index in [1.54, 1.807) is 20.4 Å². The van der Waals surface area contributed by atoms with Crippen molar-refractivity contribution in [3.05, 3.63) is 24.2 Å². The van der Waals surface area contributed by atoms with Gasteiger partial charge in [0.1, 0.15) is 5.76 Å². The van der Waals surface area contributed by atoms with Gasteiger partial charge < -0.3 is 20.4 Å². The number of nitrogens with one attached hydrogen (secondary N) is 3. The highest BCUT2D eigenvalue weighted by atomic mass is 127. The molecular weight excluding hydrogens is 445 g/mol. The Balaban J connectivity index is 0.00000338. The van der Waals surface area contributed by atoms with Crippen LogP contribution < -0.4 is 16.0 Å². The van der Waals surface area contributed by atoms with Crippen LogP contribution in [-0.2, 0) is 4.79 Å². The number of rotatable bonds is 7. The van der Waals surface area contributed by atoms with Crippen LogP contribution in [0.4, 0.5) is 0 Å². The molecule has 0 aliphatic carbocycles. The largest absolute Gasteiger partial charge is 0.468 e. The van der Waals surface area contributed by atoms with E-state index in [4.69, 9.17) is 4.42 Å². The zero-order chi connectivity index (χ0) is 18.3. The molecule has 7 nitrogen and oxygen atoms in total. The third-order valence-electron chi connectivity index (χ3n) is 4.68. The standard InChI is InChI=1S/C18H31N5O2.HI/c1-18(2,16(24)19-3)13-22-17(20-4)21-12-14(15-8-7-11-25-15)23-9-5-6-10-23;/h7-8,11,14H,5-6,9-10,12-13H2,1-4H3,(H,19,24)(H2,20,21,22);1H. The van der Waals surface area contributed by atoms with Crippen molar-refractivity contribution in [1.82, 2.24) is 20.9 Å². The average Bonchev–Trinajstić information content (AvgIpc) is 3.31. The van der Waals surface area contributed by atoms with Gasteiger partial charge in [-0.2, -0.15) is 0 Å². The summed E-state index contributed by atoms with van der Waals surface area (Å²) in [6.07, 6.45) is 4.17. The monoisotopic (exact) mass is 477 g/mol. The van der Waals surface area contributed by atoms with Crippen molar-refractivity contribution in [3.63, 3.8) is 0 Å². The van der Waals surface area contributed by atoms with Crippen molar-refractivity contribution in [2.75, 3.05) is 40.3 Å². The SMILES string of the molecule is CN=C(NCC(c1ccco1)N1CCCC1)NCC(C)(C)C(=O)NC.I. The first-order valence-corrected chi connectivity index (χ1v) is 8.92. The van der Waals surface area contributed by atoms with E-state index in [-0.39, 0.29) is 35.9 Å². The summed E-state index contributed by atoms with van der Waals surface area (Å²) in [5.74, 6) is 1.66.